The van der Waals surface area contributed by atoms with Gasteiger partial charge in [-0.3, -0.25) is 0 Å². The van der Waals surface area contributed by atoms with Crippen molar-refractivity contribution in [2.45, 2.75) is 6.92 Å². The zero-order valence-corrected chi connectivity index (χ0v) is 28.6. The Labute approximate surface area is 302 Å². The molecule has 0 atom stereocenters. The van der Waals surface area contributed by atoms with Crippen LogP contribution in [0.15, 0.2) is 180 Å². The summed E-state index contributed by atoms with van der Waals surface area (Å²) in [4.78, 5) is 15.1. The van der Waals surface area contributed by atoms with Crippen LogP contribution in [0, 0.1) is 0 Å². The smallest absolute Gasteiger partial charge is 0.164 e. The molecule has 9 rings (SSSR count). The molecule has 4 heteroatoms. The predicted molar refractivity (Wildman–Crippen MR) is 216 cm³/mol. The van der Waals surface area contributed by atoms with Crippen LogP contribution in [0.5, 0.6) is 0 Å². The van der Waals surface area contributed by atoms with E-state index < -0.39 is 0 Å². The molecule has 246 valence electrons. The van der Waals surface area contributed by atoms with Crippen LogP contribution in [-0.4, -0.2) is 15.0 Å². The van der Waals surface area contributed by atoms with Gasteiger partial charge in [-0.25, -0.2) is 15.0 Å². The van der Waals surface area contributed by atoms with Crippen LogP contribution in [-0.2, 0) is 0 Å². The maximum absolute atomic E-state index is 6.73. The summed E-state index contributed by atoms with van der Waals surface area (Å²) in [5.41, 5.74) is 10.1. The van der Waals surface area contributed by atoms with Crippen molar-refractivity contribution >= 4 is 38.8 Å². The topological polar surface area (TPSA) is 51.8 Å². The van der Waals surface area contributed by atoms with Crippen molar-refractivity contribution in [2.75, 3.05) is 0 Å². The van der Waals surface area contributed by atoms with Gasteiger partial charge in [0.15, 0.2) is 17.5 Å². The number of benzene rings is 7. The molecular formula is C48H33N3O. The Morgan fingerprint density at radius 1 is 0.423 bits per heavy atom. The van der Waals surface area contributed by atoms with Gasteiger partial charge in [-0.15, -0.1) is 0 Å². The Morgan fingerprint density at radius 3 is 1.67 bits per heavy atom. The van der Waals surface area contributed by atoms with E-state index in [1.54, 1.807) is 0 Å². The highest BCUT2D eigenvalue weighted by molar-refractivity contribution is 6.19. The third-order valence-electron chi connectivity index (χ3n) is 9.51. The summed E-state index contributed by atoms with van der Waals surface area (Å²) in [7, 11) is 0. The van der Waals surface area contributed by atoms with E-state index in [1.807, 2.05) is 85.8 Å². The molecule has 0 spiro atoms. The molecule has 0 saturated carbocycles. The first-order valence-electron chi connectivity index (χ1n) is 17.5. The molecule has 0 N–H and O–H groups in total. The molecule has 52 heavy (non-hydrogen) atoms. The van der Waals surface area contributed by atoms with Gasteiger partial charge in [-0.1, -0.05) is 164 Å². The van der Waals surface area contributed by atoms with Crippen molar-refractivity contribution in [3.05, 3.63) is 182 Å². The Kier molecular flexibility index (Phi) is 8.03. The normalized spacial score (nSPS) is 11.8. The third kappa shape index (κ3) is 5.57. The molecule has 2 heterocycles. The number of furan rings is 1. The van der Waals surface area contributed by atoms with Gasteiger partial charge in [0.1, 0.15) is 11.2 Å². The van der Waals surface area contributed by atoms with Gasteiger partial charge in [0.2, 0.25) is 0 Å². The molecular weight excluding hydrogens is 635 g/mol. The van der Waals surface area contributed by atoms with Crippen LogP contribution in [0.4, 0.5) is 0 Å². The summed E-state index contributed by atoms with van der Waals surface area (Å²) >= 11 is 0. The molecule has 0 radical (unpaired) electrons. The Morgan fingerprint density at radius 2 is 0.962 bits per heavy atom. The fourth-order valence-corrected chi connectivity index (χ4v) is 7.08. The van der Waals surface area contributed by atoms with Gasteiger partial charge in [-0.05, 0) is 58.1 Å². The zero-order valence-electron chi connectivity index (χ0n) is 28.6. The minimum Gasteiger partial charge on any atom is -0.455 e. The van der Waals surface area contributed by atoms with Crippen molar-refractivity contribution in [2.24, 2.45) is 0 Å². The Bertz CT molecular complexity index is 2740. The second-order valence-electron chi connectivity index (χ2n) is 12.7. The quantitative estimate of drug-likeness (QED) is 0.159. The molecule has 4 nitrogen and oxygen atoms in total. The lowest BCUT2D eigenvalue weighted by Crippen LogP contribution is -2.00. The molecule has 0 amide bonds. The van der Waals surface area contributed by atoms with E-state index in [0.717, 1.165) is 77.2 Å². The minimum atomic E-state index is 0.632. The van der Waals surface area contributed by atoms with E-state index in [2.05, 4.69) is 103 Å². The SMILES string of the molecule is C/C=C\C=C/c1ccccc1-c1ccc(-c2ccc(-c3nc(-c4ccccc4)nc(-c4ccccc4)n3)c3ccccc23)c2c1oc1ccccc12. The first-order valence-corrected chi connectivity index (χ1v) is 17.5. The van der Waals surface area contributed by atoms with Crippen LogP contribution >= 0.6 is 0 Å². The number of allylic oxidation sites excluding steroid dienone is 3. The molecule has 0 saturated heterocycles. The highest BCUT2D eigenvalue weighted by atomic mass is 16.3. The first kappa shape index (κ1) is 31.1. The molecule has 0 unspecified atom stereocenters. The van der Waals surface area contributed by atoms with Gasteiger partial charge < -0.3 is 4.42 Å². The zero-order chi connectivity index (χ0) is 34.9. The summed E-state index contributed by atoms with van der Waals surface area (Å²) < 4.78 is 6.73. The summed E-state index contributed by atoms with van der Waals surface area (Å²) in [5.74, 6) is 1.91. The molecule has 0 fully saturated rings. The number of nitrogens with zero attached hydrogens (tertiary/aromatic N) is 3. The van der Waals surface area contributed by atoms with Gasteiger partial charge in [0.05, 0.1) is 0 Å². The van der Waals surface area contributed by atoms with Crippen LogP contribution in [0.25, 0.3) is 95.2 Å². The number of hydrogen-bond acceptors (Lipinski definition) is 4. The van der Waals surface area contributed by atoms with E-state index in [4.69, 9.17) is 19.4 Å². The van der Waals surface area contributed by atoms with E-state index in [9.17, 15) is 0 Å². The van der Waals surface area contributed by atoms with Gasteiger partial charge >= 0.3 is 0 Å². The van der Waals surface area contributed by atoms with Crippen LogP contribution in [0.3, 0.4) is 0 Å². The average Bonchev–Trinajstić information content (AvgIpc) is 3.61. The van der Waals surface area contributed by atoms with E-state index >= 15 is 0 Å². The number of fused-ring (bicyclic) bond motifs is 4. The molecule has 7 aromatic carbocycles. The number of rotatable bonds is 7. The minimum absolute atomic E-state index is 0.632. The standard InChI is InChI=1S/C48H33N3O/c1-2-3-6-17-32-18-11-12-23-35(32)40-30-29-39(44-42-26-15-16-27-43(42)52-45(40)44)38-28-31-41(37-25-14-13-24-36(37)38)48-50-46(33-19-7-4-8-20-33)49-47(51-48)34-21-9-5-10-22-34/h2-31H,1H3/b3-2-,17-6-. The van der Waals surface area contributed by atoms with Gasteiger partial charge in [0.25, 0.3) is 0 Å². The highest BCUT2D eigenvalue weighted by Gasteiger charge is 2.21. The Hall–Kier alpha value is -6.91. The van der Waals surface area contributed by atoms with E-state index in [0.29, 0.717) is 17.5 Å². The van der Waals surface area contributed by atoms with Crippen LogP contribution in [0.1, 0.15) is 12.5 Å². The monoisotopic (exact) mass is 667 g/mol. The maximum atomic E-state index is 6.73. The van der Waals surface area contributed by atoms with Crippen LogP contribution in [0.2, 0.25) is 0 Å². The fraction of sp³-hybridized carbons (Fsp3) is 0.0208. The first-order chi connectivity index (χ1) is 25.8. The summed E-state index contributed by atoms with van der Waals surface area (Å²) in [6.45, 7) is 2.02. The van der Waals surface area contributed by atoms with Crippen molar-refractivity contribution in [1.29, 1.82) is 0 Å². The molecule has 2 aromatic heterocycles. The summed E-state index contributed by atoms with van der Waals surface area (Å²) in [5, 5.41) is 4.35. The lowest BCUT2D eigenvalue weighted by atomic mass is 9.89. The highest BCUT2D eigenvalue weighted by Crippen LogP contribution is 2.45. The van der Waals surface area contributed by atoms with E-state index in [1.165, 1.54) is 0 Å². The predicted octanol–water partition coefficient (Wildman–Crippen LogP) is 12.8. The van der Waals surface area contributed by atoms with Crippen molar-refractivity contribution < 1.29 is 4.42 Å². The lowest BCUT2D eigenvalue weighted by molar-refractivity contribution is 0.670. The van der Waals surface area contributed by atoms with Gasteiger partial charge in [0, 0.05) is 33.0 Å². The molecule has 0 aliphatic carbocycles. The maximum Gasteiger partial charge on any atom is 0.164 e. The lowest BCUT2D eigenvalue weighted by Gasteiger charge is -2.15. The van der Waals surface area contributed by atoms with Crippen molar-refractivity contribution in [1.82, 2.24) is 15.0 Å². The summed E-state index contributed by atoms with van der Waals surface area (Å²) in [6, 6.07) is 54.3. The molecule has 0 aliphatic rings. The second-order valence-corrected chi connectivity index (χ2v) is 12.7. The second kappa shape index (κ2) is 13.4. The number of para-hydroxylation sites is 1. The molecule has 0 aliphatic heterocycles. The van der Waals surface area contributed by atoms with Crippen molar-refractivity contribution in [3.63, 3.8) is 0 Å². The van der Waals surface area contributed by atoms with Crippen LogP contribution < -0.4 is 0 Å². The van der Waals surface area contributed by atoms with Gasteiger partial charge in [-0.2, -0.15) is 0 Å². The Balaban J connectivity index is 1.27. The largest absolute Gasteiger partial charge is 0.455 e. The molecule has 0 bridgehead atoms. The summed E-state index contributed by atoms with van der Waals surface area (Å²) in [6.07, 6.45) is 8.31. The van der Waals surface area contributed by atoms with E-state index in [-0.39, 0.29) is 0 Å². The van der Waals surface area contributed by atoms with Crippen molar-refractivity contribution in [3.8, 4) is 56.4 Å². The fourth-order valence-electron chi connectivity index (χ4n) is 7.08. The molecule has 9 aromatic rings. The number of hydrogen-bond donors (Lipinski definition) is 0. The number of aromatic nitrogens is 3. The average molecular weight is 668 g/mol. The third-order valence-corrected chi connectivity index (χ3v) is 9.51.